The molecule has 1 fully saturated rings. The second kappa shape index (κ2) is 6.45. The maximum absolute atomic E-state index is 13.2. The third-order valence-electron chi connectivity index (χ3n) is 4.09. The van der Waals surface area contributed by atoms with Crippen LogP contribution in [0.4, 0.5) is 8.78 Å². The van der Waals surface area contributed by atoms with Gasteiger partial charge in [0.05, 0.1) is 12.1 Å². The predicted molar refractivity (Wildman–Crippen MR) is 80.5 cm³/mol. The van der Waals surface area contributed by atoms with Crippen molar-refractivity contribution in [3.63, 3.8) is 0 Å². The van der Waals surface area contributed by atoms with Crippen molar-refractivity contribution in [2.24, 2.45) is 13.0 Å². The Bertz CT molecular complexity index is 696. The Labute approximate surface area is 132 Å². The molecule has 122 valence electrons. The minimum atomic E-state index is -0.648. The lowest BCUT2D eigenvalue weighted by Gasteiger charge is -2.17. The SMILES string of the molecule is Cn1cc([C@H]2CNC[C@@H]2C(=O)NCc2cc(F)cc(F)c2)cn1. The van der Waals surface area contributed by atoms with Crippen molar-refractivity contribution < 1.29 is 13.6 Å². The Hall–Kier alpha value is -2.28. The van der Waals surface area contributed by atoms with E-state index in [-0.39, 0.29) is 24.3 Å². The van der Waals surface area contributed by atoms with Crippen LogP contribution in [0.3, 0.4) is 0 Å². The molecule has 1 aliphatic rings. The number of aryl methyl sites for hydroxylation is 1. The number of amides is 1. The first kappa shape index (κ1) is 15.6. The fourth-order valence-electron chi connectivity index (χ4n) is 2.97. The van der Waals surface area contributed by atoms with Crippen molar-refractivity contribution in [2.45, 2.75) is 12.5 Å². The average molecular weight is 320 g/mol. The van der Waals surface area contributed by atoms with Crippen LogP contribution < -0.4 is 10.6 Å². The zero-order valence-electron chi connectivity index (χ0n) is 12.7. The lowest BCUT2D eigenvalue weighted by atomic mass is 9.90. The van der Waals surface area contributed by atoms with Crippen LogP contribution in [-0.2, 0) is 18.4 Å². The zero-order chi connectivity index (χ0) is 16.4. The van der Waals surface area contributed by atoms with Crippen LogP contribution >= 0.6 is 0 Å². The van der Waals surface area contributed by atoms with Gasteiger partial charge in [-0.15, -0.1) is 0 Å². The molecule has 0 radical (unpaired) electrons. The predicted octanol–water partition coefficient (Wildman–Crippen LogP) is 1.32. The fourth-order valence-corrected chi connectivity index (χ4v) is 2.97. The normalized spacial score (nSPS) is 20.7. The largest absolute Gasteiger partial charge is 0.352 e. The molecule has 0 bridgehead atoms. The quantitative estimate of drug-likeness (QED) is 0.893. The van der Waals surface area contributed by atoms with Crippen molar-refractivity contribution in [3.05, 3.63) is 53.4 Å². The van der Waals surface area contributed by atoms with E-state index < -0.39 is 11.6 Å². The molecule has 1 aromatic heterocycles. The molecular weight excluding hydrogens is 302 g/mol. The molecule has 1 aromatic carbocycles. The minimum Gasteiger partial charge on any atom is -0.352 e. The summed E-state index contributed by atoms with van der Waals surface area (Å²) in [5.41, 5.74) is 1.41. The number of hydrogen-bond acceptors (Lipinski definition) is 3. The topological polar surface area (TPSA) is 59.0 Å². The number of aromatic nitrogens is 2. The summed E-state index contributed by atoms with van der Waals surface area (Å²) in [6, 6.07) is 3.24. The molecule has 0 aliphatic carbocycles. The Kier molecular flexibility index (Phi) is 4.38. The second-order valence-electron chi connectivity index (χ2n) is 5.81. The highest BCUT2D eigenvalue weighted by atomic mass is 19.1. The first-order valence-electron chi connectivity index (χ1n) is 7.45. The molecule has 1 amide bonds. The van der Waals surface area contributed by atoms with Crippen molar-refractivity contribution in [1.82, 2.24) is 20.4 Å². The number of carbonyl (C=O) groups is 1. The van der Waals surface area contributed by atoms with Gasteiger partial charge in [-0.1, -0.05) is 0 Å². The summed E-state index contributed by atoms with van der Waals surface area (Å²) in [7, 11) is 1.83. The van der Waals surface area contributed by atoms with Crippen LogP contribution in [-0.4, -0.2) is 28.8 Å². The number of halogens is 2. The molecule has 1 saturated heterocycles. The molecule has 7 heteroatoms. The molecule has 0 saturated carbocycles. The summed E-state index contributed by atoms with van der Waals surface area (Å²) in [6.07, 6.45) is 3.67. The average Bonchev–Trinajstić information content (AvgIpc) is 3.12. The van der Waals surface area contributed by atoms with E-state index in [1.807, 2.05) is 13.2 Å². The highest BCUT2D eigenvalue weighted by molar-refractivity contribution is 5.80. The number of benzene rings is 1. The molecule has 5 nitrogen and oxygen atoms in total. The van der Waals surface area contributed by atoms with Gasteiger partial charge in [0.2, 0.25) is 5.91 Å². The lowest BCUT2D eigenvalue weighted by Crippen LogP contribution is -2.34. The number of rotatable bonds is 4. The second-order valence-corrected chi connectivity index (χ2v) is 5.81. The van der Waals surface area contributed by atoms with Crippen LogP contribution in [0.25, 0.3) is 0 Å². The molecular formula is C16H18F2N4O. The molecule has 2 aromatic rings. The van der Waals surface area contributed by atoms with Gasteiger partial charge in [-0.3, -0.25) is 9.48 Å². The van der Waals surface area contributed by atoms with E-state index >= 15 is 0 Å². The number of nitrogens with one attached hydrogen (secondary N) is 2. The van der Waals surface area contributed by atoms with Gasteiger partial charge in [-0.2, -0.15) is 5.10 Å². The van der Waals surface area contributed by atoms with Gasteiger partial charge in [-0.05, 0) is 23.3 Å². The molecule has 3 rings (SSSR count). The third-order valence-corrected chi connectivity index (χ3v) is 4.09. The molecule has 23 heavy (non-hydrogen) atoms. The van der Waals surface area contributed by atoms with Crippen LogP contribution in [0.5, 0.6) is 0 Å². The van der Waals surface area contributed by atoms with E-state index in [1.165, 1.54) is 12.1 Å². The number of carbonyl (C=O) groups excluding carboxylic acids is 1. The van der Waals surface area contributed by atoms with E-state index in [2.05, 4.69) is 15.7 Å². The van der Waals surface area contributed by atoms with E-state index in [9.17, 15) is 13.6 Å². The van der Waals surface area contributed by atoms with Gasteiger partial charge >= 0.3 is 0 Å². The molecule has 2 N–H and O–H groups in total. The summed E-state index contributed by atoms with van der Waals surface area (Å²) in [5.74, 6) is -1.60. The third kappa shape index (κ3) is 3.56. The maximum Gasteiger partial charge on any atom is 0.225 e. The maximum atomic E-state index is 13.2. The van der Waals surface area contributed by atoms with Gasteiger partial charge in [0, 0.05) is 44.9 Å². The Morgan fingerprint density at radius 2 is 2.09 bits per heavy atom. The van der Waals surface area contributed by atoms with Gasteiger partial charge in [-0.25, -0.2) is 8.78 Å². The summed E-state index contributed by atoms with van der Waals surface area (Å²) in [4.78, 5) is 12.4. The Morgan fingerprint density at radius 1 is 1.35 bits per heavy atom. The van der Waals surface area contributed by atoms with Gasteiger partial charge in [0.1, 0.15) is 11.6 Å². The van der Waals surface area contributed by atoms with Crippen LogP contribution in [0.1, 0.15) is 17.0 Å². The fraction of sp³-hybridized carbons (Fsp3) is 0.375. The van der Waals surface area contributed by atoms with Gasteiger partial charge in [0.25, 0.3) is 0 Å². The number of hydrogen-bond donors (Lipinski definition) is 2. The standard InChI is InChI=1S/C16H18F2N4O/c1-22-9-11(6-21-22)14-7-19-8-15(14)16(23)20-5-10-2-12(17)4-13(18)3-10/h2-4,6,9,14-15,19H,5,7-8H2,1H3,(H,20,23)/t14-,15+/m1/s1. The van der Waals surface area contributed by atoms with E-state index in [1.54, 1.807) is 10.9 Å². The molecule has 0 spiro atoms. The first-order chi connectivity index (χ1) is 11.0. The molecule has 0 unspecified atom stereocenters. The Morgan fingerprint density at radius 3 is 2.74 bits per heavy atom. The molecule has 1 aliphatic heterocycles. The lowest BCUT2D eigenvalue weighted by molar-refractivity contribution is -0.125. The first-order valence-corrected chi connectivity index (χ1v) is 7.45. The highest BCUT2D eigenvalue weighted by Gasteiger charge is 2.34. The minimum absolute atomic E-state index is 0.0490. The van der Waals surface area contributed by atoms with E-state index in [4.69, 9.17) is 0 Å². The highest BCUT2D eigenvalue weighted by Crippen LogP contribution is 2.27. The van der Waals surface area contributed by atoms with Gasteiger partial charge in [0.15, 0.2) is 0 Å². The van der Waals surface area contributed by atoms with Crippen LogP contribution in [0.15, 0.2) is 30.6 Å². The van der Waals surface area contributed by atoms with E-state index in [0.717, 1.165) is 11.6 Å². The monoisotopic (exact) mass is 320 g/mol. The number of nitrogens with zero attached hydrogens (tertiary/aromatic N) is 2. The smallest absolute Gasteiger partial charge is 0.225 e. The van der Waals surface area contributed by atoms with Gasteiger partial charge < -0.3 is 10.6 Å². The zero-order valence-corrected chi connectivity index (χ0v) is 12.7. The molecule has 2 heterocycles. The summed E-state index contributed by atoms with van der Waals surface area (Å²) < 4.78 is 28.0. The van der Waals surface area contributed by atoms with E-state index in [0.29, 0.717) is 18.7 Å². The van der Waals surface area contributed by atoms with Crippen molar-refractivity contribution in [1.29, 1.82) is 0 Å². The van der Waals surface area contributed by atoms with Crippen LogP contribution in [0.2, 0.25) is 0 Å². The van der Waals surface area contributed by atoms with Crippen molar-refractivity contribution >= 4 is 5.91 Å². The summed E-state index contributed by atoms with van der Waals surface area (Å²) in [5, 5.41) is 10.1. The summed E-state index contributed by atoms with van der Waals surface area (Å²) >= 11 is 0. The van der Waals surface area contributed by atoms with Crippen molar-refractivity contribution in [2.75, 3.05) is 13.1 Å². The van der Waals surface area contributed by atoms with Crippen molar-refractivity contribution in [3.8, 4) is 0 Å². The Balaban J connectivity index is 1.65. The molecule has 2 atom stereocenters. The summed E-state index contributed by atoms with van der Waals surface area (Å²) in [6.45, 7) is 1.38. The van der Waals surface area contributed by atoms with Crippen LogP contribution in [0, 0.1) is 17.6 Å².